The summed E-state index contributed by atoms with van der Waals surface area (Å²) in [4.78, 5) is 25.5. The Bertz CT molecular complexity index is 602. The van der Waals surface area contributed by atoms with E-state index in [1.807, 2.05) is 0 Å². The summed E-state index contributed by atoms with van der Waals surface area (Å²) in [7, 11) is 0. The van der Waals surface area contributed by atoms with Crippen molar-refractivity contribution in [2.24, 2.45) is 5.41 Å². The highest BCUT2D eigenvalue weighted by atomic mass is 19.4. The standard InChI is InChI=1S/C16H18F3NO2/c1-15(2,3)14(22)20-9-8-10-6-4-5-7-11(10)12(21)13(20)16(17,18)19/h4-7,13H,8-9H2,1-3H3. The maximum absolute atomic E-state index is 13.5. The second kappa shape index (κ2) is 5.41. The van der Waals surface area contributed by atoms with Crippen molar-refractivity contribution in [3.05, 3.63) is 35.4 Å². The molecule has 1 aliphatic rings. The smallest absolute Gasteiger partial charge is 0.323 e. The number of fused-ring (bicyclic) bond motifs is 1. The molecule has 0 radical (unpaired) electrons. The second-order valence-corrected chi connectivity index (χ2v) is 6.46. The topological polar surface area (TPSA) is 37.4 Å². The Morgan fingerprint density at radius 1 is 1.18 bits per heavy atom. The van der Waals surface area contributed by atoms with Crippen molar-refractivity contribution in [3.63, 3.8) is 0 Å². The zero-order valence-electron chi connectivity index (χ0n) is 12.7. The summed E-state index contributed by atoms with van der Waals surface area (Å²) in [5.41, 5.74) is -0.389. The molecule has 3 nitrogen and oxygen atoms in total. The van der Waals surface area contributed by atoms with Gasteiger partial charge in [-0.3, -0.25) is 9.59 Å². The van der Waals surface area contributed by atoms with Gasteiger partial charge in [-0.1, -0.05) is 45.0 Å². The molecule has 0 N–H and O–H groups in total. The molecule has 0 aromatic heterocycles. The second-order valence-electron chi connectivity index (χ2n) is 6.46. The van der Waals surface area contributed by atoms with E-state index in [1.165, 1.54) is 12.1 Å². The summed E-state index contributed by atoms with van der Waals surface area (Å²) in [5, 5.41) is 0. The molecule has 6 heteroatoms. The molecule has 0 saturated carbocycles. The third-order valence-corrected chi connectivity index (χ3v) is 3.68. The number of rotatable bonds is 0. The number of Topliss-reactive ketones (excluding diaryl/α,β-unsaturated/α-hetero) is 1. The Kier molecular flexibility index (Phi) is 4.06. The Hall–Kier alpha value is -1.85. The lowest BCUT2D eigenvalue weighted by Gasteiger charge is -2.34. The monoisotopic (exact) mass is 313 g/mol. The summed E-state index contributed by atoms with van der Waals surface area (Å²) < 4.78 is 40.4. The molecule has 1 aliphatic heterocycles. The van der Waals surface area contributed by atoms with Gasteiger partial charge in [0.25, 0.3) is 0 Å². The number of nitrogens with zero attached hydrogens (tertiary/aromatic N) is 1. The van der Waals surface area contributed by atoms with E-state index in [-0.39, 0.29) is 18.5 Å². The van der Waals surface area contributed by atoms with Crippen LogP contribution in [0.3, 0.4) is 0 Å². The maximum Gasteiger partial charge on any atom is 0.416 e. The van der Waals surface area contributed by atoms with Gasteiger partial charge < -0.3 is 4.90 Å². The van der Waals surface area contributed by atoms with Gasteiger partial charge in [0.15, 0.2) is 11.8 Å². The molecule has 0 bridgehead atoms. The summed E-state index contributed by atoms with van der Waals surface area (Å²) >= 11 is 0. The van der Waals surface area contributed by atoms with Crippen molar-refractivity contribution in [1.82, 2.24) is 4.90 Å². The van der Waals surface area contributed by atoms with Gasteiger partial charge >= 0.3 is 6.18 Å². The van der Waals surface area contributed by atoms with Crippen LogP contribution in [0.25, 0.3) is 0 Å². The number of carbonyl (C=O) groups excluding carboxylic acids is 2. The van der Waals surface area contributed by atoms with E-state index < -0.39 is 29.3 Å². The van der Waals surface area contributed by atoms with Crippen molar-refractivity contribution in [2.45, 2.75) is 39.4 Å². The molecule has 1 aromatic rings. The third kappa shape index (κ3) is 3.00. The van der Waals surface area contributed by atoms with Gasteiger partial charge in [-0.25, -0.2) is 0 Å². The molecule has 1 unspecified atom stereocenters. The first-order valence-electron chi connectivity index (χ1n) is 7.03. The summed E-state index contributed by atoms with van der Waals surface area (Å²) in [6.45, 7) is 4.52. The van der Waals surface area contributed by atoms with Gasteiger partial charge in [-0.15, -0.1) is 0 Å². The molecular formula is C16H18F3NO2. The predicted molar refractivity (Wildman–Crippen MR) is 75.5 cm³/mol. The summed E-state index contributed by atoms with van der Waals surface area (Å²) in [6.07, 6.45) is -4.56. The van der Waals surface area contributed by atoms with E-state index in [4.69, 9.17) is 0 Å². The molecule has 120 valence electrons. The number of benzene rings is 1. The third-order valence-electron chi connectivity index (χ3n) is 3.68. The largest absolute Gasteiger partial charge is 0.416 e. The number of hydrogen-bond acceptors (Lipinski definition) is 2. The van der Waals surface area contributed by atoms with Crippen LogP contribution < -0.4 is 0 Å². The maximum atomic E-state index is 13.5. The Morgan fingerprint density at radius 3 is 2.32 bits per heavy atom. The number of hydrogen-bond donors (Lipinski definition) is 0. The van der Waals surface area contributed by atoms with Crippen molar-refractivity contribution in [3.8, 4) is 0 Å². The molecule has 1 amide bonds. The number of ketones is 1. The molecule has 22 heavy (non-hydrogen) atoms. The van der Waals surface area contributed by atoms with Crippen molar-refractivity contribution < 1.29 is 22.8 Å². The van der Waals surface area contributed by atoms with Crippen LogP contribution in [0.1, 0.15) is 36.7 Å². The number of halogens is 3. The molecule has 0 aliphatic carbocycles. The van der Waals surface area contributed by atoms with E-state index in [0.29, 0.717) is 10.5 Å². The predicted octanol–water partition coefficient (Wildman–Crippen LogP) is 3.23. The lowest BCUT2D eigenvalue weighted by atomic mass is 9.93. The van der Waals surface area contributed by atoms with Crippen molar-refractivity contribution in [2.75, 3.05) is 6.54 Å². The van der Waals surface area contributed by atoms with Gasteiger partial charge in [0.1, 0.15) is 0 Å². The van der Waals surface area contributed by atoms with Gasteiger partial charge in [-0.2, -0.15) is 13.2 Å². The lowest BCUT2D eigenvalue weighted by Crippen LogP contribution is -2.55. The SMILES string of the molecule is CC(C)(C)C(=O)N1CCc2ccccc2C(=O)C1C(F)(F)F. The van der Waals surface area contributed by atoms with E-state index in [1.54, 1.807) is 32.9 Å². The van der Waals surface area contributed by atoms with E-state index >= 15 is 0 Å². The van der Waals surface area contributed by atoms with Crippen LogP contribution in [0.2, 0.25) is 0 Å². The number of carbonyl (C=O) groups is 2. The molecule has 1 aromatic carbocycles. The molecule has 0 saturated heterocycles. The first-order valence-corrected chi connectivity index (χ1v) is 7.03. The minimum absolute atomic E-state index is 0.0500. The lowest BCUT2D eigenvalue weighted by molar-refractivity contribution is -0.181. The van der Waals surface area contributed by atoms with Crippen LogP contribution in [0, 0.1) is 5.41 Å². The normalized spacial score (nSPS) is 19.6. The van der Waals surface area contributed by atoms with E-state index in [0.717, 1.165) is 0 Å². The summed E-state index contributed by atoms with van der Waals surface area (Å²) in [6, 6.07) is 3.82. The molecule has 0 fully saturated rings. The molecule has 0 spiro atoms. The van der Waals surface area contributed by atoms with Gasteiger partial charge in [0, 0.05) is 17.5 Å². The fourth-order valence-electron chi connectivity index (χ4n) is 2.61. The van der Waals surface area contributed by atoms with E-state index in [9.17, 15) is 22.8 Å². The van der Waals surface area contributed by atoms with Crippen LogP contribution in [0.5, 0.6) is 0 Å². The zero-order chi connectivity index (χ0) is 16.7. The van der Waals surface area contributed by atoms with Crippen molar-refractivity contribution >= 4 is 11.7 Å². The summed E-state index contributed by atoms with van der Waals surface area (Å²) in [5.74, 6) is -1.73. The molecule has 1 heterocycles. The van der Waals surface area contributed by atoms with Gasteiger partial charge in [0.2, 0.25) is 5.91 Å². The highest BCUT2D eigenvalue weighted by Gasteiger charge is 2.52. The Balaban J connectivity index is 2.53. The highest BCUT2D eigenvalue weighted by Crippen LogP contribution is 2.33. The number of amides is 1. The van der Waals surface area contributed by atoms with Gasteiger partial charge in [0.05, 0.1) is 0 Å². The minimum atomic E-state index is -4.80. The molecule has 2 rings (SSSR count). The first-order chi connectivity index (χ1) is 10.0. The minimum Gasteiger partial charge on any atom is -0.323 e. The fraction of sp³-hybridized carbons (Fsp3) is 0.500. The Morgan fingerprint density at radius 2 is 1.77 bits per heavy atom. The van der Waals surface area contributed by atoms with Crippen LogP contribution in [-0.4, -0.2) is 35.4 Å². The van der Waals surface area contributed by atoms with Crippen LogP contribution >= 0.6 is 0 Å². The first kappa shape index (κ1) is 16.5. The molecular weight excluding hydrogens is 295 g/mol. The van der Waals surface area contributed by atoms with Crippen LogP contribution in [-0.2, 0) is 11.2 Å². The van der Waals surface area contributed by atoms with Crippen LogP contribution in [0.4, 0.5) is 13.2 Å². The Labute approximate surface area is 127 Å². The highest BCUT2D eigenvalue weighted by molar-refractivity contribution is 6.04. The average Bonchev–Trinajstić information content (AvgIpc) is 2.54. The average molecular weight is 313 g/mol. The fourth-order valence-corrected chi connectivity index (χ4v) is 2.61. The molecule has 1 atom stereocenters. The quantitative estimate of drug-likeness (QED) is 0.737. The van der Waals surface area contributed by atoms with Crippen LogP contribution in [0.15, 0.2) is 24.3 Å². The van der Waals surface area contributed by atoms with E-state index in [2.05, 4.69) is 0 Å². The van der Waals surface area contributed by atoms with Crippen molar-refractivity contribution in [1.29, 1.82) is 0 Å². The van der Waals surface area contributed by atoms with Gasteiger partial charge in [-0.05, 0) is 12.0 Å². The zero-order valence-corrected chi connectivity index (χ0v) is 12.7. The number of alkyl halides is 3.